The van der Waals surface area contributed by atoms with Crippen LogP contribution in [0, 0.1) is 0 Å². The molecular weight excluding hydrogens is 258 g/mol. The molecule has 2 aliphatic heterocycles. The van der Waals surface area contributed by atoms with Crippen molar-refractivity contribution in [2.45, 2.75) is 13.3 Å². The third-order valence-electron chi connectivity index (χ3n) is 4.08. The Morgan fingerprint density at radius 2 is 1.86 bits per heavy atom. The van der Waals surface area contributed by atoms with Gasteiger partial charge in [0.05, 0.1) is 30.0 Å². The Balaban J connectivity index is 1.66. The van der Waals surface area contributed by atoms with Crippen LogP contribution in [0.5, 0.6) is 0 Å². The molecule has 0 bridgehead atoms. The number of aryl methyl sites for hydroxylation is 1. The summed E-state index contributed by atoms with van der Waals surface area (Å²) >= 11 is 0. The minimum absolute atomic E-state index is 0.837. The second-order valence-electron chi connectivity index (χ2n) is 5.36. The number of aliphatic imine (C=N–C) groups is 1. The molecule has 0 saturated heterocycles. The maximum absolute atomic E-state index is 4.53. The predicted molar refractivity (Wildman–Crippen MR) is 88.3 cm³/mol. The van der Waals surface area contributed by atoms with Crippen LogP contribution in [0.3, 0.4) is 0 Å². The molecule has 0 saturated carbocycles. The van der Waals surface area contributed by atoms with Gasteiger partial charge >= 0.3 is 0 Å². The van der Waals surface area contributed by atoms with Gasteiger partial charge in [-0.05, 0) is 36.2 Å². The Hall–Kier alpha value is -2.55. The minimum atomic E-state index is 0.837. The lowest BCUT2D eigenvalue weighted by molar-refractivity contribution is 0.962. The molecule has 0 N–H and O–H groups in total. The normalized spacial score (nSPS) is 15.8. The standard InChI is InChI=1S/C18H17N3/c1-2-14-7-9-15(10-8-14)20-12-16-11-19-17-5-3-4-6-18(17)21(16)13-20/h3-12H,2,13H2,1H3. The highest BCUT2D eigenvalue weighted by atomic mass is 15.4. The molecule has 2 aliphatic rings. The Kier molecular flexibility index (Phi) is 2.78. The molecule has 2 aromatic rings. The average Bonchev–Trinajstić information content (AvgIpc) is 2.99. The summed E-state index contributed by atoms with van der Waals surface area (Å²) in [5, 5.41) is 0. The summed E-state index contributed by atoms with van der Waals surface area (Å²) < 4.78 is 0. The third-order valence-corrected chi connectivity index (χ3v) is 4.08. The van der Waals surface area contributed by atoms with Crippen molar-refractivity contribution in [3.63, 3.8) is 0 Å². The molecule has 4 rings (SSSR count). The number of hydrogen-bond acceptors (Lipinski definition) is 3. The molecule has 21 heavy (non-hydrogen) atoms. The highest BCUT2D eigenvalue weighted by Gasteiger charge is 2.26. The first-order valence-electron chi connectivity index (χ1n) is 7.33. The lowest BCUT2D eigenvalue weighted by atomic mass is 10.1. The van der Waals surface area contributed by atoms with Crippen LogP contribution in [0.2, 0.25) is 0 Å². The van der Waals surface area contributed by atoms with E-state index in [9.17, 15) is 0 Å². The summed E-state index contributed by atoms with van der Waals surface area (Å²) in [6.45, 7) is 3.02. The molecular formula is C18H17N3. The van der Waals surface area contributed by atoms with E-state index in [1.54, 1.807) is 0 Å². The highest BCUT2D eigenvalue weighted by Crippen LogP contribution is 2.37. The van der Waals surface area contributed by atoms with E-state index in [-0.39, 0.29) is 0 Å². The van der Waals surface area contributed by atoms with E-state index in [4.69, 9.17) is 0 Å². The van der Waals surface area contributed by atoms with Crippen molar-refractivity contribution in [1.82, 2.24) is 0 Å². The van der Waals surface area contributed by atoms with Crippen molar-refractivity contribution < 1.29 is 0 Å². The SMILES string of the molecule is CCc1ccc(N2C=C3C=Nc4ccccc4N3C2)cc1. The first kappa shape index (κ1) is 12.2. The van der Waals surface area contributed by atoms with Gasteiger partial charge in [0.1, 0.15) is 0 Å². The molecule has 0 aliphatic carbocycles. The maximum Gasteiger partial charge on any atom is 0.0996 e. The quantitative estimate of drug-likeness (QED) is 0.822. The third kappa shape index (κ3) is 2.02. The molecule has 0 fully saturated rings. The van der Waals surface area contributed by atoms with E-state index in [1.165, 1.54) is 16.9 Å². The van der Waals surface area contributed by atoms with Gasteiger partial charge in [-0.25, -0.2) is 0 Å². The zero-order chi connectivity index (χ0) is 14.2. The molecule has 0 atom stereocenters. The van der Waals surface area contributed by atoms with Crippen molar-refractivity contribution in [3.05, 3.63) is 66.0 Å². The van der Waals surface area contributed by atoms with E-state index in [0.29, 0.717) is 0 Å². The van der Waals surface area contributed by atoms with Crippen LogP contribution >= 0.6 is 0 Å². The second kappa shape index (κ2) is 4.77. The summed E-state index contributed by atoms with van der Waals surface area (Å²) in [5.41, 5.74) is 5.96. The van der Waals surface area contributed by atoms with Crippen LogP contribution in [-0.2, 0) is 6.42 Å². The van der Waals surface area contributed by atoms with Crippen LogP contribution < -0.4 is 9.80 Å². The van der Waals surface area contributed by atoms with Gasteiger partial charge < -0.3 is 9.80 Å². The molecule has 3 heteroatoms. The fraction of sp³-hybridized carbons (Fsp3) is 0.167. The fourth-order valence-electron chi connectivity index (χ4n) is 2.84. The van der Waals surface area contributed by atoms with Gasteiger partial charge in [-0.2, -0.15) is 0 Å². The minimum Gasteiger partial charge on any atom is -0.327 e. The van der Waals surface area contributed by atoms with Gasteiger partial charge in [0.15, 0.2) is 0 Å². The molecule has 0 aromatic heterocycles. The van der Waals surface area contributed by atoms with E-state index in [1.807, 2.05) is 12.3 Å². The Morgan fingerprint density at radius 3 is 2.67 bits per heavy atom. The summed E-state index contributed by atoms with van der Waals surface area (Å²) in [6, 6.07) is 17.1. The zero-order valence-electron chi connectivity index (χ0n) is 12.0. The maximum atomic E-state index is 4.53. The summed E-state index contributed by atoms with van der Waals surface area (Å²) in [6.07, 6.45) is 5.19. The lowest BCUT2D eigenvalue weighted by Gasteiger charge is -2.26. The van der Waals surface area contributed by atoms with Crippen LogP contribution in [0.4, 0.5) is 17.1 Å². The molecule has 0 amide bonds. The number of benzene rings is 2. The number of para-hydroxylation sites is 2. The molecule has 2 aromatic carbocycles. The smallest absolute Gasteiger partial charge is 0.0996 e. The zero-order valence-corrected chi connectivity index (χ0v) is 12.0. The molecule has 104 valence electrons. The van der Waals surface area contributed by atoms with Gasteiger partial charge in [-0.15, -0.1) is 0 Å². The summed E-state index contributed by atoms with van der Waals surface area (Å²) in [7, 11) is 0. The van der Waals surface area contributed by atoms with Gasteiger partial charge in [-0.1, -0.05) is 31.2 Å². The van der Waals surface area contributed by atoms with Crippen molar-refractivity contribution >= 4 is 23.3 Å². The van der Waals surface area contributed by atoms with Gasteiger partial charge in [0, 0.05) is 11.9 Å². The van der Waals surface area contributed by atoms with E-state index < -0.39 is 0 Å². The van der Waals surface area contributed by atoms with E-state index >= 15 is 0 Å². The highest BCUT2D eigenvalue weighted by molar-refractivity contribution is 5.95. The number of hydrogen-bond donors (Lipinski definition) is 0. The Morgan fingerprint density at radius 1 is 1.05 bits per heavy atom. The second-order valence-corrected chi connectivity index (χ2v) is 5.36. The van der Waals surface area contributed by atoms with Crippen molar-refractivity contribution in [3.8, 4) is 0 Å². The molecule has 0 spiro atoms. The number of anilines is 2. The Bertz CT molecular complexity index is 728. The van der Waals surface area contributed by atoms with E-state index in [2.05, 4.69) is 70.4 Å². The number of rotatable bonds is 2. The van der Waals surface area contributed by atoms with Crippen molar-refractivity contribution in [2.75, 3.05) is 16.5 Å². The van der Waals surface area contributed by atoms with Crippen LogP contribution in [-0.4, -0.2) is 12.9 Å². The molecule has 2 heterocycles. The first-order valence-corrected chi connectivity index (χ1v) is 7.33. The number of allylic oxidation sites excluding steroid dienone is 1. The monoisotopic (exact) mass is 275 g/mol. The molecule has 0 unspecified atom stereocenters. The van der Waals surface area contributed by atoms with Gasteiger partial charge in [0.2, 0.25) is 0 Å². The molecule has 0 radical (unpaired) electrons. The summed E-state index contributed by atoms with van der Waals surface area (Å²) in [5.74, 6) is 0. The van der Waals surface area contributed by atoms with Gasteiger partial charge in [-0.3, -0.25) is 4.99 Å². The van der Waals surface area contributed by atoms with Crippen LogP contribution in [0.1, 0.15) is 12.5 Å². The number of nitrogens with zero attached hydrogens (tertiary/aromatic N) is 3. The average molecular weight is 275 g/mol. The fourth-order valence-corrected chi connectivity index (χ4v) is 2.84. The lowest BCUT2D eigenvalue weighted by Crippen LogP contribution is -2.28. The topological polar surface area (TPSA) is 18.8 Å². The largest absolute Gasteiger partial charge is 0.327 e. The van der Waals surface area contributed by atoms with Gasteiger partial charge in [0.25, 0.3) is 0 Å². The van der Waals surface area contributed by atoms with E-state index in [0.717, 1.165) is 24.5 Å². The first-order chi connectivity index (χ1) is 10.3. The number of fused-ring (bicyclic) bond motifs is 3. The molecule has 3 nitrogen and oxygen atoms in total. The van der Waals surface area contributed by atoms with Crippen LogP contribution in [0.25, 0.3) is 0 Å². The van der Waals surface area contributed by atoms with Crippen molar-refractivity contribution in [1.29, 1.82) is 0 Å². The Labute approximate surface area is 124 Å². The predicted octanol–water partition coefficient (Wildman–Crippen LogP) is 4.09. The van der Waals surface area contributed by atoms with Crippen LogP contribution in [0.15, 0.2) is 65.4 Å². The van der Waals surface area contributed by atoms with Crippen molar-refractivity contribution in [2.24, 2.45) is 4.99 Å². The summed E-state index contributed by atoms with van der Waals surface area (Å²) in [4.78, 5) is 9.10.